The minimum Gasteiger partial charge on any atom is -0.0683 e. The van der Waals surface area contributed by atoms with Gasteiger partial charge in [0, 0.05) is 0 Å². The van der Waals surface area contributed by atoms with Gasteiger partial charge in [0.15, 0.2) is 0 Å². The van der Waals surface area contributed by atoms with Crippen LogP contribution in [0.4, 0.5) is 0 Å². The molecular weight excluding hydrogens is 120 g/mol. The Balaban J connectivity index is 0.000000231. The first-order valence-electron chi connectivity index (χ1n) is 4.95. The molecule has 0 N–H and O–H groups in total. The van der Waals surface area contributed by atoms with E-state index < -0.39 is 0 Å². The molecule has 3 rings (SSSR count). The molecule has 0 atom stereocenters. The lowest BCUT2D eigenvalue weighted by molar-refractivity contribution is 0.199. The van der Waals surface area contributed by atoms with Gasteiger partial charge in [-0.3, -0.25) is 0 Å². The molecule has 0 heteroatoms. The third-order valence-corrected chi connectivity index (χ3v) is 2.81. The van der Waals surface area contributed by atoms with E-state index in [-0.39, 0.29) is 0 Å². The van der Waals surface area contributed by atoms with Crippen molar-refractivity contribution >= 4 is 0 Å². The summed E-state index contributed by atoms with van der Waals surface area (Å²) in [5.74, 6) is 2.34. The lowest BCUT2D eigenvalue weighted by atomic mass is 9.74. The van der Waals surface area contributed by atoms with E-state index in [4.69, 9.17) is 0 Å². The molecule has 0 radical (unpaired) electrons. The quantitative estimate of drug-likeness (QED) is 0.482. The maximum atomic E-state index is 2.00. The Bertz CT molecular complexity index is 64.5. The van der Waals surface area contributed by atoms with Crippen molar-refractivity contribution in [3.05, 3.63) is 0 Å². The highest BCUT2D eigenvalue weighted by atomic mass is 14.4. The van der Waals surface area contributed by atoms with Crippen LogP contribution in [0.2, 0.25) is 0 Å². The summed E-state index contributed by atoms with van der Waals surface area (Å²) in [5.41, 5.74) is 0. The van der Waals surface area contributed by atoms with Gasteiger partial charge in [-0.1, -0.05) is 39.5 Å². The van der Waals surface area contributed by atoms with Crippen molar-refractivity contribution in [3.8, 4) is 0 Å². The highest BCUT2D eigenvalue weighted by Crippen LogP contribution is 2.43. The van der Waals surface area contributed by atoms with Crippen LogP contribution < -0.4 is 0 Å². The maximum absolute atomic E-state index is 2.00. The number of rotatable bonds is 0. The van der Waals surface area contributed by atoms with Crippen LogP contribution in [0.3, 0.4) is 0 Å². The second-order valence-electron chi connectivity index (χ2n) is 3.49. The fourth-order valence-corrected chi connectivity index (χ4v) is 2.21. The zero-order chi connectivity index (χ0) is 7.40. The second kappa shape index (κ2) is 4.00. The standard InChI is InChI=1S/C8H14.C2H6/c1-2-4-8-5-7(3-1)6-8;1-2/h7-8H,1-6H2;1-2H3. The van der Waals surface area contributed by atoms with E-state index in [0.29, 0.717) is 0 Å². The minimum absolute atomic E-state index is 1.17. The first kappa shape index (κ1) is 8.10. The van der Waals surface area contributed by atoms with Gasteiger partial charge >= 0.3 is 0 Å². The third-order valence-electron chi connectivity index (χ3n) is 2.81. The van der Waals surface area contributed by atoms with Gasteiger partial charge in [0.25, 0.3) is 0 Å². The van der Waals surface area contributed by atoms with E-state index in [1.165, 1.54) is 24.7 Å². The molecule has 0 aliphatic heterocycles. The Morgan fingerprint density at radius 3 is 1.60 bits per heavy atom. The van der Waals surface area contributed by atoms with E-state index >= 15 is 0 Å². The van der Waals surface area contributed by atoms with Gasteiger partial charge in [0.2, 0.25) is 0 Å². The fourth-order valence-electron chi connectivity index (χ4n) is 2.21. The van der Waals surface area contributed by atoms with E-state index in [1.54, 1.807) is 25.7 Å². The minimum atomic E-state index is 1.17. The Morgan fingerprint density at radius 1 is 0.800 bits per heavy atom. The highest BCUT2D eigenvalue weighted by Gasteiger charge is 2.30. The van der Waals surface area contributed by atoms with Gasteiger partial charge in [0.1, 0.15) is 0 Å². The summed E-state index contributed by atoms with van der Waals surface area (Å²) in [5, 5.41) is 0. The van der Waals surface area contributed by atoms with Gasteiger partial charge < -0.3 is 0 Å². The molecule has 0 nitrogen and oxygen atoms in total. The van der Waals surface area contributed by atoms with Crippen molar-refractivity contribution in [3.63, 3.8) is 0 Å². The smallest absolute Gasteiger partial charge is 0.0409 e. The van der Waals surface area contributed by atoms with Crippen molar-refractivity contribution in [2.24, 2.45) is 11.8 Å². The molecule has 10 heavy (non-hydrogen) atoms. The first-order chi connectivity index (χ1) is 4.95. The lowest BCUT2D eigenvalue weighted by Crippen LogP contribution is -2.20. The zero-order valence-corrected chi connectivity index (χ0v) is 7.40. The molecule has 3 aliphatic rings. The Hall–Kier alpha value is 0. The zero-order valence-electron chi connectivity index (χ0n) is 7.40. The van der Waals surface area contributed by atoms with Crippen LogP contribution in [0.15, 0.2) is 0 Å². The first-order valence-corrected chi connectivity index (χ1v) is 4.95. The van der Waals surface area contributed by atoms with Crippen molar-refractivity contribution in [1.82, 2.24) is 0 Å². The molecule has 3 fully saturated rings. The molecule has 2 bridgehead atoms. The average molecular weight is 140 g/mol. The molecule has 0 heterocycles. The Kier molecular flexibility index (Phi) is 3.24. The number of hydrogen-bond donors (Lipinski definition) is 0. The molecule has 0 unspecified atom stereocenters. The molecule has 0 spiro atoms. The molecule has 0 aromatic heterocycles. The largest absolute Gasteiger partial charge is 0.0683 e. The van der Waals surface area contributed by atoms with Crippen molar-refractivity contribution in [2.75, 3.05) is 0 Å². The SMILES string of the molecule is C1CCC2CC(C1)C2.CC. The predicted octanol–water partition coefficient (Wildman–Crippen LogP) is 3.61. The normalized spacial score (nSPS) is 36.6. The van der Waals surface area contributed by atoms with E-state index in [0.717, 1.165) is 0 Å². The van der Waals surface area contributed by atoms with Crippen molar-refractivity contribution in [1.29, 1.82) is 0 Å². The summed E-state index contributed by atoms with van der Waals surface area (Å²) in [6.45, 7) is 4.00. The van der Waals surface area contributed by atoms with Gasteiger partial charge in [-0.15, -0.1) is 0 Å². The fraction of sp³-hybridized carbons (Fsp3) is 1.00. The lowest BCUT2D eigenvalue weighted by Gasteiger charge is -2.31. The Morgan fingerprint density at radius 2 is 1.20 bits per heavy atom. The number of hydrogen-bond acceptors (Lipinski definition) is 0. The van der Waals surface area contributed by atoms with Gasteiger partial charge in [0.05, 0.1) is 0 Å². The number of fused-ring (bicyclic) bond motifs is 3. The van der Waals surface area contributed by atoms with Crippen LogP contribution in [0.1, 0.15) is 52.4 Å². The van der Waals surface area contributed by atoms with E-state index in [1.807, 2.05) is 13.8 Å². The van der Waals surface area contributed by atoms with E-state index in [9.17, 15) is 0 Å². The molecule has 0 amide bonds. The maximum Gasteiger partial charge on any atom is -0.0409 e. The second-order valence-corrected chi connectivity index (χ2v) is 3.49. The summed E-state index contributed by atoms with van der Waals surface area (Å²) in [4.78, 5) is 0. The summed E-state index contributed by atoms with van der Waals surface area (Å²) in [6, 6.07) is 0. The van der Waals surface area contributed by atoms with Crippen LogP contribution in [0, 0.1) is 11.8 Å². The van der Waals surface area contributed by atoms with Crippen LogP contribution in [0.25, 0.3) is 0 Å². The van der Waals surface area contributed by atoms with Crippen LogP contribution in [-0.4, -0.2) is 0 Å². The predicted molar refractivity (Wildman–Crippen MR) is 46.0 cm³/mol. The molecule has 3 saturated carbocycles. The van der Waals surface area contributed by atoms with E-state index in [2.05, 4.69) is 0 Å². The van der Waals surface area contributed by atoms with Gasteiger partial charge in [-0.25, -0.2) is 0 Å². The Labute approximate surface area is 65.0 Å². The summed E-state index contributed by atoms with van der Waals surface area (Å²) in [7, 11) is 0. The molecule has 60 valence electrons. The van der Waals surface area contributed by atoms with Crippen LogP contribution in [0.5, 0.6) is 0 Å². The van der Waals surface area contributed by atoms with Gasteiger partial charge in [-0.2, -0.15) is 0 Å². The highest BCUT2D eigenvalue weighted by molar-refractivity contribution is 4.82. The molecule has 0 aromatic carbocycles. The summed E-state index contributed by atoms with van der Waals surface area (Å²) in [6.07, 6.45) is 9.33. The average Bonchev–Trinajstić information content (AvgIpc) is 2.22. The van der Waals surface area contributed by atoms with Gasteiger partial charge in [-0.05, 0) is 24.7 Å². The summed E-state index contributed by atoms with van der Waals surface area (Å²) >= 11 is 0. The molecular formula is C10H20. The van der Waals surface area contributed by atoms with Crippen LogP contribution in [-0.2, 0) is 0 Å². The van der Waals surface area contributed by atoms with Crippen LogP contribution >= 0.6 is 0 Å². The molecule has 0 saturated heterocycles. The molecule has 0 aromatic rings. The topological polar surface area (TPSA) is 0 Å². The third kappa shape index (κ3) is 1.74. The van der Waals surface area contributed by atoms with Crippen molar-refractivity contribution in [2.45, 2.75) is 52.4 Å². The monoisotopic (exact) mass is 140 g/mol. The molecule has 3 aliphatic carbocycles. The summed E-state index contributed by atoms with van der Waals surface area (Å²) < 4.78 is 0. The van der Waals surface area contributed by atoms with Crippen molar-refractivity contribution < 1.29 is 0 Å².